The van der Waals surface area contributed by atoms with E-state index in [4.69, 9.17) is 32.2 Å². The van der Waals surface area contributed by atoms with Crippen LogP contribution < -0.4 is 9.47 Å². The first-order valence-corrected chi connectivity index (χ1v) is 9.35. The van der Waals surface area contributed by atoms with Crippen LogP contribution in [0.3, 0.4) is 0 Å². The first-order chi connectivity index (χ1) is 13.3. The van der Waals surface area contributed by atoms with Gasteiger partial charge in [-0.1, -0.05) is 17.5 Å². The van der Waals surface area contributed by atoms with Crippen molar-refractivity contribution in [2.45, 2.75) is 20.0 Å². The minimum Gasteiger partial charge on any atom is -0.493 e. The lowest BCUT2D eigenvalue weighted by atomic mass is 10.1. The van der Waals surface area contributed by atoms with Crippen molar-refractivity contribution in [1.29, 1.82) is 0 Å². The summed E-state index contributed by atoms with van der Waals surface area (Å²) in [5.41, 5.74) is 0.519. The largest absolute Gasteiger partial charge is 0.493 e. The van der Waals surface area contributed by atoms with Crippen molar-refractivity contribution in [2.75, 3.05) is 20.3 Å². The average molecular weight is 424 g/mol. The van der Waals surface area contributed by atoms with Gasteiger partial charge < -0.3 is 14.2 Å². The highest BCUT2D eigenvalue weighted by molar-refractivity contribution is 8.18. The number of rotatable bonds is 7. The zero-order valence-corrected chi connectivity index (χ0v) is 17.1. The molecule has 28 heavy (non-hydrogen) atoms. The van der Waals surface area contributed by atoms with E-state index in [9.17, 15) is 14.4 Å². The average Bonchev–Trinajstić information content (AvgIpc) is 2.87. The normalized spacial score (nSPS) is 15.1. The van der Waals surface area contributed by atoms with Crippen molar-refractivity contribution in [2.24, 2.45) is 0 Å². The Hall–Kier alpha value is -2.63. The van der Waals surface area contributed by atoms with Crippen LogP contribution in [-0.4, -0.2) is 48.4 Å². The SMILES string of the molecule is C#CCOc1c(Cl)cc(/C=C2/SC(=O)N(CC(=O)OC(C)C)C2=O)cc1OC. The van der Waals surface area contributed by atoms with Gasteiger partial charge in [-0.2, -0.15) is 0 Å². The third kappa shape index (κ3) is 5.21. The molecule has 1 aromatic rings. The Balaban J connectivity index is 2.25. The monoisotopic (exact) mass is 423 g/mol. The molecule has 0 aliphatic carbocycles. The van der Waals surface area contributed by atoms with Crippen LogP contribution in [0.5, 0.6) is 11.5 Å². The highest BCUT2D eigenvalue weighted by atomic mass is 35.5. The van der Waals surface area contributed by atoms with E-state index in [0.29, 0.717) is 11.3 Å². The molecule has 1 saturated heterocycles. The lowest BCUT2D eigenvalue weighted by Gasteiger charge is -2.13. The van der Waals surface area contributed by atoms with Gasteiger partial charge in [-0.25, -0.2) is 0 Å². The van der Waals surface area contributed by atoms with E-state index < -0.39 is 23.7 Å². The van der Waals surface area contributed by atoms with E-state index in [1.807, 2.05) is 0 Å². The molecule has 1 aliphatic heterocycles. The molecule has 1 aliphatic rings. The van der Waals surface area contributed by atoms with Gasteiger partial charge >= 0.3 is 5.97 Å². The molecule has 0 atom stereocenters. The topological polar surface area (TPSA) is 82.1 Å². The molecule has 1 heterocycles. The summed E-state index contributed by atoms with van der Waals surface area (Å²) in [6, 6.07) is 3.15. The van der Waals surface area contributed by atoms with Gasteiger partial charge in [-0.05, 0) is 49.4 Å². The van der Waals surface area contributed by atoms with Gasteiger partial charge in [0, 0.05) is 0 Å². The third-order valence-electron chi connectivity index (χ3n) is 3.38. The third-order valence-corrected chi connectivity index (χ3v) is 4.57. The first kappa shape index (κ1) is 21.7. The smallest absolute Gasteiger partial charge is 0.326 e. The number of ether oxygens (including phenoxy) is 3. The highest BCUT2D eigenvalue weighted by Crippen LogP contribution is 2.38. The second-order valence-corrected chi connectivity index (χ2v) is 7.23. The summed E-state index contributed by atoms with van der Waals surface area (Å²) in [5.74, 6) is 1.70. The number of halogens is 1. The number of esters is 1. The minimum absolute atomic E-state index is 0.0147. The van der Waals surface area contributed by atoms with E-state index >= 15 is 0 Å². The maximum atomic E-state index is 12.5. The van der Waals surface area contributed by atoms with Crippen LogP contribution in [0.15, 0.2) is 17.0 Å². The van der Waals surface area contributed by atoms with E-state index in [-0.39, 0.29) is 28.4 Å². The molecule has 1 fully saturated rings. The Morgan fingerprint density at radius 2 is 2.11 bits per heavy atom. The molecule has 0 aromatic heterocycles. The van der Waals surface area contributed by atoms with Gasteiger partial charge in [0.15, 0.2) is 11.5 Å². The van der Waals surface area contributed by atoms with Gasteiger partial charge in [0.25, 0.3) is 11.1 Å². The molecule has 0 spiro atoms. The number of carbonyl (C=O) groups excluding carboxylic acids is 3. The van der Waals surface area contributed by atoms with Crippen molar-refractivity contribution >= 4 is 46.6 Å². The second kappa shape index (κ2) is 9.53. The number of amides is 2. The van der Waals surface area contributed by atoms with Crippen LogP contribution in [-0.2, 0) is 14.3 Å². The molecule has 0 unspecified atom stereocenters. The quantitative estimate of drug-likeness (QED) is 0.378. The predicted molar refractivity (Wildman–Crippen MR) is 106 cm³/mol. The van der Waals surface area contributed by atoms with Crippen LogP contribution in [0.2, 0.25) is 5.02 Å². The summed E-state index contributed by atoms with van der Waals surface area (Å²) in [4.78, 5) is 37.3. The zero-order valence-electron chi connectivity index (χ0n) is 15.5. The van der Waals surface area contributed by atoms with Gasteiger partial charge in [-0.3, -0.25) is 19.3 Å². The van der Waals surface area contributed by atoms with Crippen molar-refractivity contribution in [3.05, 3.63) is 27.6 Å². The van der Waals surface area contributed by atoms with Crippen LogP contribution in [0.25, 0.3) is 6.08 Å². The van der Waals surface area contributed by atoms with E-state index in [0.717, 1.165) is 16.7 Å². The number of nitrogens with zero attached hydrogens (tertiary/aromatic N) is 1. The summed E-state index contributed by atoms with van der Waals surface area (Å²) >= 11 is 6.94. The van der Waals surface area contributed by atoms with Gasteiger partial charge in [0.1, 0.15) is 13.2 Å². The van der Waals surface area contributed by atoms with Gasteiger partial charge in [-0.15, -0.1) is 6.42 Å². The number of hydrogen-bond donors (Lipinski definition) is 0. The van der Waals surface area contributed by atoms with Crippen molar-refractivity contribution in [3.63, 3.8) is 0 Å². The Kier molecular flexibility index (Phi) is 7.38. The van der Waals surface area contributed by atoms with Crippen LogP contribution in [0.1, 0.15) is 19.4 Å². The summed E-state index contributed by atoms with van der Waals surface area (Å²) < 4.78 is 15.6. The summed E-state index contributed by atoms with van der Waals surface area (Å²) in [6.45, 7) is 2.93. The number of hydrogen-bond acceptors (Lipinski definition) is 7. The van der Waals surface area contributed by atoms with Crippen LogP contribution in [0.4, 0.5) is 4.79 Å². The Bertz CT molecular complexity index is 874. The molecule has 7 nitrogen and oxygen atoms in total. The summed E-state index contributed by atoms with van der Waals surface area (Å²) in [5, 5.41) is -0.315. The number of benzene rings is 1. The zero-order chi connectivity index (χ0) is 20.8. The Morgan fingerprint density at radius 3 is 2.71 bits per heavy atom. The fourth-order valence-electron chi connectivity index (χ4n) is 2.29. The fourth-order valence-corrected chi connectivity index (χ4v) is 3.41. The van der Waals surface area contributed by atoms with Crippen molar-refractivity contribution in [3.8, 4) is 23.8 Å². The number of imide groups is 1. The van der Waals surface area contributed by atoms with Crippen LogP contribution >= 0.6 is 23.4 Å². The number of carbonyl (C=O) groups is 3. The second-order valence-electron chi connectivity index (χ2n) is 5.83. The van der Waals surface area contributed by atoms with E-state index in [1.165, 1.54) is 13.2 Å². The molecule has 0 N–H and O–H groups in total. The molecule has 148 valence electrons. The number of thioether (sulfide) groups is 1. The number of methoxy groups -OCH3 is 1. The minimum atomic E-state index is -0.654. The van der Waals surface area contributed by atoms with Crippen molar-refractivity contribution in [1.82, 2.24) is 4.90 Å². The first-order valence-electron chi connectivity index (χ1n) is 8.15. The van der Waals surface area contributed by atoms with E-state index in [1.54, 1.807) is 26.0 Å². The maximum absolute atomic E-state index is 12.5. The molecular formula is C19H18ClNO6S. The molecule has 0 bridgehead atoms. The summed E-state index contributed by atoms with van der Waals surface area (Å²) in [6.07, 6.45) is 6.32. The Labute approximate surface area is 171 Å². The molecule has 9 heteroatoms. The molecular weight excluding hydrogens is 406 g/mol. The number of terminal acetylenes is 1. The molecule has 0 saturated carbocycles. The molecule has 2 rings (SSSR count). The highest BCUT2D eigenvalue weighted by Gasteiger charge is 2.36. The summed E-state index contributed by atoms with van der Waals surface area (Å²) in [7, 11) is 1.44. The standard InChI is InChI=1S/C19H18ClNO6S/c1-5-6-26-17-13(20)7-12(8-14(17)25-4)9-15-18(23)21(19(24)28-15)10-16(22)27-11(2)3/h1,7-9,11H,6,10H2,2-4H3/b15-9+. The molecule has 0 radical (unpaired) electrons. The predicted octanol–water partition coefficient (Wildman–Crippen LogP) is 3.35. The van der Waals surface area contributed by atoms with Crippen LogP contribution in [0, 0.1) is 12.3 Å². The lowest BCUT2D eigenvalue weighted by molar-refractivity contribution is -0.149. The molecule has 2 amide bonds. The maximum Gasteiger partial charge on any atom is 0.326 e. The van der Waals surface area contributed by atoms with Crippen molar-refractivity contribution < 1.29 is 28.6 Å². The van der Waals surface area contributed by atoms with Gasteiger partial charge in [0.05, 0.1) is 23.1 Å². The van der Waals surface area contributed by atoms with Gasteiger partial charge in [0.2, 0.25) is 0 Å². The molecule has 1 aromatic carbocycles. The fraction of sp³-hybridized carbons (Fsp3) is 0.316. The Morgan fingerprint density at radius 1 is 1.39 bits per heavy atom. The van der Waals surface area contributed by atoms with E-state index in [2.05, 4.69) is 5.92 Å². The lowest BCUT2D eigenvalue weighted by Crippen LogP contribution is -2.35.